The molecule has 1 aliphatic rings. The van der Waals surface area contributed by atoms with Gasteiger partial charge in [0.1, 0.15) is 0 Å². The highest BCUT2D eigenvalue weighted by atomic mass is 28.4. The summed E-state index contributed by atoms with van der Waals surface area (Å²) in [7, 11) is -2.69. The molecule has 2 aromatic carbocycles. The van der Waals surface area contributed by atoms with Crippen LogP contribution in [-0.2, 0) is 9.22 Å². The Morgan fingerprint density at radius 1 is 0.966 bits per heavy atom. The lowest BCUT2D eigenvalue weighted by atomic mass is 9.82. The molecule has 0 bridgehead atoms. The van der Waals surface area contributed by atoms with Crippen molar-refractivity contribution in [1.29, 1.82) is 0 Å². The zero-order chi connectivity index (χ0) is 21.0. The first-order chi connectivity index (χ1) is 13.8. The fourth-order valence-corrected chi connectivity index (χ4v) is 8.93. The third-order valence-electron chi connectivity index (χ3n) is 5.63. The smallest absolute Gasteiger partial charge is 0.304 e. The molecular formula is C25H30O3Si. The van der Waals surface area contributed by atoms with E-state index in [1.54, 1.807) is 0 Å². The van der Waals surface area contributed by atoms with Gasteiger partial charge in [0.15, 0.2) is 0 Å². The predicted molar refractivity (Wildman–Crippen MR) is 121 cm³/mol. The highest BCUT2D eigenvalue weighted by molar-refractivity contribution is 6.99. The number of carboxylic acid groups (broad SMARTS) is 1. The number of hydrogen-bond acceptors (Lipinski definition) is 2. The van der Waals surface area contributed by atoms with Gasteiger partial charge in [-0.25, -0.2) is 0 Å². The molecule has 29 heavy (non-hydrogen) atoms. The second-order valence-corrected chi connectivity index (χ2v) is 13.1. The van der Waals surface area contributed by atoms with E-state index in [2.05, 4.69) is 69.3 Å². The van der Waals surface area contributed by atoms with Crippen LogP contribution in [0.4, 0.5) is 0 Å². The molecule has 0 atom stereocenters. The summed E-state index contributed by atoms with van der Waals surface area (Å²) in [6.45, 7) is 7.04. The molecule has 152 valence electrons. The summed E-state index contributed by atoms with van der Waals surface area (Å²) in [6.07, 6.45) is 8.96. The van der Waals surface area contributed by atoms with E-state index in [-0.39, 0.29) is 11.5 Å². The Bertz CT molecular complexity index is 828. The van der Waals surface area contributed by atoms with E-state index >= 15 is 0 Å². The normalized spacial score (nSPS) is 16.0. The maximum Gasteiger partial charge on any atom is 0.304 e. The van der Waals surface area contributed by atoms with Crippen LogP contribution in [0.2, 0.25) is 5.04 Å². The van der Waals surface area contributed by atoms with E-state index in [1.165, 1.54) is 10.4 Å². The maximum absolute atomic E-state index is 11.6. The Morgan fingerprint density at radius 2 is 1.45 bits per heavy atom. The van der Waals surface area contributed by atoms with Gasteiger partial charge in [-0.3, -0.25) is 4.79 Å². The minimum absolute atomic E-state index is 0.0260. The van der Waals surface area contributed by atoms with Crippen LogP contribution < -0.4 is 10.4 Å². The van der Waals surface area contributed by atoms with Crippen molar-refractivity contribution in [1.82, 2.24) is 0 Å². The van der Waals surface area contributed by atoms with Crippen LogP contribution in [-0.4, -0.2) is 26.0 Å². The summed E-state index contributed by atoms with van der Waals surface area (Å²) >= 11 is 0. The standard InChI is InChI=1S/C25H30O3Si/c1-24(2,3)29(21-13-7-4-8-14-21,22-15-9-5-10-16-22)28-20-25(19-23(26)27)17-11-6-12-18-25/h4-5,7-18H,6,19-20H2,1-3H3,(H,26,27). The van der Waals surface area contributed by atoms with Crippen LogP contribution in [0.3, 0.4) is 0 Å². The van der Waals surface area contributed by atoms with Crippen LogP contribution in [0.1, 0.15) is 33.6 Å². The SMILES string of the molecule is CC(C)(C)[Si](OCC1(CC(=O)O)C=CCC=C1)(c1ccccc1)c1ccccc1. The number of rotatable bonds is 7. The second-order valence-electron chi connectivity index (χ2n) is 8.80. The molecule has 1 N–H and O–H groups in total. The quantitative estimate of drug-likeness (QED) is 0.542. The van der Waals surface area contributed by atoms with Gasteiger partial charge in [-0.1, -0.05) is 106 Å². The van der Waals surface area contributed by atoms with Gasteiger partial charge in [0.2, 0.25) is 0 Å². The van der Waals surface area contributed by atoms with E-state index in [4.69, 9.17) is 4.43 Å². The Morgan fingerprint density at radius 3 is 1.86 bits per heavy atom. The molecule has 2 aromatic rings. The van der Waals surface area contributed by atoms with Gasteiger partial charge in [-0.2, -0.15) is 0 Å². The van der Waals surface area contributed by atoms with E-state index in [0.717, 1.165) is 6.42 Å². The third-order valence-corrected chi connectivity index (χ3v) is 10.6. The van der Waals surface area contributed by atoms with Gasteiger partial charge in [0.25, 0.3) is 8.32 Å². The molecule has 4 heteroatoms. The molecule has 0 unspecified atom stereocenters. The van der Waals surface area contributed by atoms with Gasteiger partial charge in [-0.05, 0) is 21.8 Å². The van der Waals surface area contributed by atoms with Crippen molar-refractivity contribution in [2.75, 3.05) is 6.61 Å². The molecule has 3 nitrogen and oxygen atoms in total. The number of benzene rings is 2. The second kappa shape index (κ2) is 8.52. The van der Waals surface area contributed by atoms with Gasteiger partial charge >= 0.3 is 5.97 Å². The first-order valence-corrected chi connectivity index (χ1v) is 12.0. The Labute approximate surface area is 174 Å². The molecule has 0 amide bonds. The maximum atomic E-state index is 11.6. The average molecular weight is 407 g/mol. The summed E-state index contributed by atoms with van der Waals surface area (Å²) in [5, 5.41) is 11.8. The number of hydrogen-bond donors (Lipinski definition) is 1. The molecule has 1 aliphatic carbocycles. The zero-order valence-corrected chi connectivity index (χ0v) is 18.5. The number of allylic oxidation sites excluding steroid dienone is 2. The van der Waals surface area contributed by atoms with Crippen molar-refractivity contribution in [3.8, 4) is 0 Å². The van der Waals surface area contributed by atoms with Crippen molar-refractivity contribution in [3.05, 3.63) is 85.0 Å². The van der Waals surface area contributed by atoms with Crippen LogP contribution in [0.25, 0.3) is 0 Å². The highest BCUT2D eigenvalue weighted by Gasteiger charge is 2.51. The molecule has 0 heterocycles. The summed E-state index contributed by atoms with van der Waals surface area (Å²) in [5.74, 6) is -0.813. The molecule has 0 fully saturated rings. The lowest BCUT2D eigenvalue weighted by molar-refractivity contribution is -0.138. The van der Waals surface area contributed by atoms with Crippen molar-refractivity contribution in [2.45, 2.75) is 38.7 Å². The summed E-state index contributed by atoms with van der Waals surface area (Å²) < 4.78 is 6.98. The lowest BCUT2D eigenvalue weighted by Gasteiger charge is -2.45. The van der Waals surface area contributed by atoms with Crippen LogP contribution in [0.15, 0.2) is 85.0 Å². The van der Waals surface area contributed by atoms with E-state index in [9.17, 15) is 9.90 Å². The molecule has 0 aliphatic heterocycles. The highest BCUT2D eigenvalue weighted by Crippen LogP contribution is 2.39. The van der Waals surface area contributed by atoms with Gasteiger partial charge in [-0.15, -0.1) is 0 Å². The molecule has 0 saturated heterocycles. The molecular weight excluding hydrogens is 376 g/mol. The van der Waals surface area contributed by atoms with Crippen LogP contribution in [0.5, 0.6) is 0 Å². The lowest BCUT2D eigenvalue weighted by Crippen LogP contribution is -2.67. The first-order valence-electron chi connectivity index (χ1n) is 10.1. The molecule has 3 rings (SSSR count). The fourth-order valence-electron chi connectivity index (χ4n) is 4.29. The van der Waals surface area contributed by atoms with Crippen molar-refractivity contribution >= 4 is 24.7 Å². The zero-order valence-electron chi connectivity index (χ0n) is 17.5. The van der Waals surface area contributed by atoms with Gasteiger partial charge < -0.3 is 9.53 Å². The minimum Gasteiger partial charge on any atom is -0.481 e. The molecule has 0 saturated carbocycles. The van der Waals surface area contributed by atoms with Crippen molar-refractivity contribution in [3.63, 3.8) is 0 Å². The Hall–Kier alpha value is -2.43. The fraction of sp³-hybridized carbons (Fsp3) is 0.320. The molecule has 0 radical (unpaired) electrons. The largest absolute Gasteiger partial charge is 0.481 e. The Kier molecular flexibility index (Phi) is 6.25. The number of aliphatic carboxylic acids is 1. The van der Waals surface area contributed by atoms with E-state index in [1.807, 2.05) is 36.4 Å². The monoisotopic (exact) mass is 406 g/mol. The molecule has 0 aromatic heterocycles. The molecule has 0 spiro atoms. The number of carboxylic acids is 1. The van der Waals surface area contributed by atoms with E-state index < -0.39 is 19.7 Å². The summed E-state index contributed by atoms with van der Waals surface area (Å²) in [6, 6.07) is 20.9. The van der Waals surface area contributed by atoms with Gasteiger partial charge in [0.05, 0.1) is 6.42 Å². The predicted octanol–water partition coefficient (Wildman–Crippen LogP) is 4.54. The topological polar surface area (TPSA) is 46.5 Å². The van der Waals surface area contributed by atoms with Gasteiger partial charge in [0, 0.05) is 12.0 Å². The number of carbonyl (C=O) groups is 1. The van der Waals surface area contributed by atoms with Crippen molar-refractivity contribution in [2.24, 2.45) is 5.41 Å². The van der Waals surface area contributed by atoms with E-state index in [0.29, 0.717) is 6.61 Å². The third kappa shape index (κ3) is 4.44. The minimum atomic E-state index is -2.69. The van der Waals surface area contributed by atoms with Crippen LogP contribution >= 0.6 is 0 Å². The summed E-state index contributed by atoms with van der Waals surface area (Å²) in [4.78, 5) is 11.6. The van der Waals surface area contributed by atoms with Crippen LogP contribution in [0, 0.1) is 5.41 Å². The van der Waals surface area contributed by atoms with Crippen molar-refractivity contribution < 1.29 is 14.3 Å². The average Bonchev–Trinajstić information content (AvgIpc) is 2.69. The summed E-state index contributed by atoms with van der Waals surface area (Å²) in [5.41, 5.74) is -0.614. The Balaban J connectivity index is 2.11. The first kappa shape index (κ1) is 21.3.